The summed E-state index contributed by atoms with van der Waals surface area (Å²) in [7, 11) is 0. The standard InChI is InChI=1S/C9H10N4/c1-5-2-6-3-8(10)12-4-7(6)9(11)13-5/h2-4H,1H3,(H2,10,12)(H2,11,13)/i1D3. The van der Waals surface area contributed by atoms with Crippen LogP contribution in [0.1, 0.15) is 9.81 Å². The summed E-state index contributed by atoms with van der Waals surface area (Å²) in [5.74, 6) is 0.464. The van der Waals surface area contributed by atoms with Crippen molar-refractivity contribution >= 4 is 22.4 Å². The number of pyridine rings is 2. The average molecular weight is 177 g/mol. The Morgan fingerprint density at radius 3 is 3.00 bits per heavy atom. The molecule has 0 saturated heterocycles. The van der Waals surface area contributed by atoms with Crippen LogP contribution < -0.4 is 11.5 Å². The molecular weight excluding hydrogens is 164 g/mol. The Bertz CT molecular complexity index is 550. The lowest BCUT2D eigenvalue weighted by Crippen LogP contribution is -1.96. The highest BCUT2D eigenvalue weighted by molar-refractivity contribution is 5.91. The van der Waals surface area contributed by atoms with Crippen LogP contribution in [0.4, 0.5) is 11.6 Å². The molecule has 4 nitrogen and oxygen atoms in total. The number of fused-ring (bicyclic) bond motifs is 1. The maximum Gasteiger partial charge on any atom is 0.133 e. The second-order valence-corrected chi connectivity index (χ2v) is 2.72. The zero-order chi connectivity index (χ0) is 11.9. The van der Waals surface area contributed by atoms with Crippen LogP contribution in [0.15, 0.2) is 18.3 Å². The van der Waals surface area contributed by atoms with Crippen LogP contribution in [-0.2, 0) is 0 Å². The predicted molar refractivity (Wildman–Crippen MR) is 53.1 cm³/mol. The molecule has 13 heavy (non-hydrogen) atoms. The van der Waals surface area contributed by atoms with Crippen LogP contribution in [0.2, 0.25) is 0 Å². The van der Waals surface area contributed by atoms with Gasteiger partial charge >= 0.3 is 0 Å². The van der Waals surface area contributed by atoms with Gasteiger partial charge in [-0.2, -0.15) is 0 Å². The minimum Gasteiger partial charge on any atom is -0.384 e. The number of anilines is 2. The zero-order valence-electron chi connectivity index (χ0n) is 9.78. The van der Waals surface area contributed by atoms with Crippen molar-refractivity contribution in [2.75, 3.05) is 11.5 Å². The summed E-state index contributed by atoms with van der Waals surface area (Å²) >= 11 is 0. The molecule has 0 unspecified atom stereocenters. The third-order valence-electron chi connectivity index (χ3n) is 1.77. The highest BCUT2D eigenvalue weighted by Crippen LogP contribution is 2.20. The second-order valence-electron chi connectivity index (χ2n) is 2.72. The van der Waals surface area contributed by atoms with Crippen LogP contribution in [0, 0.1) is 6.85 Å². The minimum absolute atomic E-state index is 0.0388. The van der Waals surface area contributed by atoms with E-state index < -0.39 is 6.85 Å². The van der Waals surface area contributed by atoms with Gasteiger partial charge in [-0.3, -0.25) is 0 Å². The van der Waals surface area contributed by atoms with Crippen molar-refractivity contribution in [2.45, 2.75) is 6.85 Å². The first-order valence-electron chi connectivity index (χ1n) is 5.20. The van der Waals surface area contributed by atoms with Gasteiger partial charge in [-0.25, -0.2) is 9.97 Å². The van der Waals surface area contributed by atoms with Crippen molar-refractivity contribution in [3.05, 3.63) is 24.0 Å². The zero-order valence-corrected chi connectivity index (χ0v) is 6.78. The first-order valence-corrected chi connectivity index (χ1v) is 3.70. The molecule has 0 atom stereocenters. The van der Waals surface area contributed by atoms with Crippen LogP contribution in [0.3, 0.4) is 0 Å². The number of rotatable bonds is 0. The predicted octanol–water partition coefficient (Wildman–Crippen LogP) is 1.10. The van der Waals surface area contributed by atoms with Gasteiger partial charge in [-0.15, -0.1) is 0 Å². The highest BCUT2D eigenvalue weighted by Gasteiger charge is 2.01. The summed E-state index contributed by atoms with van der Waals surface area (Å²) < 4.78 is 21.8. The SMILES string of the molecule is [2H]C([2H])([2H])c1cc2cc(N)ncc2c(N)n1. The quantitative estimate of drug-likeness (QED) is 0.631. The molecule has 2 rings (SSSR count). The number of aromatic nitrogens is 2. The summed E-state index contributed by atoms with van der Waals surface area (Å²) in [5.41, 5.74) is 11.1. The summed E-state index contributed by atoms with van der Waals surface area (Å²) in [5, 5.41) is 1.23. The van der Waals surface area contributed by atoms with Crippen molar-refractivity contribution in [3.8, 4) is 0 Å². The summed E-state index contributed by atoms with van der Waals surface area (Å²) in [6, 6.07) is 3.03. The van der Waals surface area contributed by atoms with E-state index in [1.54, 1.807) is 6.07 Å². The number of aryl methyl sites for hydroxylation is 1. The normalized spacial score (nSPS) is 14.9. The smallest absolute Gasteiger partial charge is 0.133 e. The lowest BCUT2D eigenvalue weighted by molar-refractivity contribution is 1.23. The van der Waals surface area contributed by atoms with Gasteiger partial charge in [0.1, 0.15) is 11.6 Å². The maximum absolute atomic E-state index is 7.27. The molecule has 0 fully saturated rings. The van der Waals surface area contributed by atoms with E-state index in [2.05, 4.69) is 9.97 Å². The van der Waals surface area contributed by atoms with Gasteiger partial charge in [-0.1, -0.05) is 0 Å². The van der Waals surface area contributed by atoms with Gasteiger partial charge in [0.15, 0.2) is 0 Å². The Balaban J connectivity index is 2.75. The molecule has 0 radical (unpaired) electrons. The number of hydrogen-bond acceptors (Lipinski definition) is 4. The van der Waals surface area contributed by atoms with E-state index in [9.17, 15) is 0 Å². The molecule has 0 aliphatic carbocycles. The van der Waals surface area contributed by atoms with Crippen molar-refractivity contribution in [1.82, 2.24) is 9.97 Å². The molecule has 0 spiro atoms. The van der Waals surface area contributed by atoms with Gasteiger partial charge in [0.05, 0.1) is 0 Å². The Morgan fingerprint density at radius 1 is 1.38 bits per heavy atom. The molecule has 66 valence electrons. The first-order chi connectivity index (χ1) is 7.38. The van der Waals surface area contributed by atoms with Crippen LogP contribution in [0.5, 0.6) is 0 Å². The van der Waals surface area contributed by atoms with Gasteiger partial charge in [-0.05, 0) is 24.4 Å². The summed E-state index contributed by atoms with van der Waals surface area (Å²) in [6.07, 6.45) is 1.48. The molecule has 2 aromatic rings. The van der Waals surface area contributed by atoms with E-state index in [4.69, 9.17) is 15.6 Å². The van der Waals surface area contributed by atoms with Gasteiger partial charge < -0.3 is 11.5 Å². The largest absolute Gasteiger partial charge is 0.384 e. The lowest BCUT2D eigenvalue weighted by atomic mass is 10.2. The average Bonchev–Trinajstić information content (AvgIpc) is 2.15. The van der Waals surface area contributed by atoms with Gasteiger partial charge in [0.2, 0.25) is 0 Å². The fraction of sp³-hybridized carbons (Fsp3) is 0.111. The maximum atomic E-state index is 7.27. The van der Waals surface area contributed by atoms with Gasteiger partial charge in [0.25, 0.3) is 0 Å². The highest BCUT2D eigenvalue weighted by atomic mass is 14.9. The molecule has 0 aliphatic heterocycles. The monoisotopic (exact) mass is 177 g/mol. The number of nitrogens with two attached hydrogens (primary N) is 2. The fourth-order valence-corrected chi connectivity index (χ4v) is 1.19. The van der Waals surface area contributed by atoms with E-state index in [0.29, 0.717) is 16.6 Å². The summed E-state index contributed by atoms with van der Waals surface area (Å²) in [6.45, 7) is -2.28. The van der Waals surface area contributed by atoms with E-state index in [0.717, 1.165) is 0 Å². The van der Waals surface area contributed by atoms with Crippen LogP contribution in [-0.4, -0.2) is 9.97 Å². The Hall–Kier alpha value is -1.84. The Kier molecular flexibility index (Phi) is 0.997. The van der Waals surface area contributed by atoms with E-state index in [1.165, 1.54) is 12.3 Å². The van der Waals surface area contributed by atoms with Crippen molar-refractivity contribution < 1.29 is 4.11 Å². The molecule has 4 N–H and O–H groups in total. The van der Waals surface area contributed by atoms with Crippen LogP contribution in [0.25, 0.3) is 10.8 Å². The van der Waals surface area contributed by atoms with E-state index in [-0.39, 0.29) is 11.5 Å². The van der Waals surface area contributed by atoms with Crippen molar-refractivity contribution in [1.29, 1.82) is 0 Å². The molecular formula is C9H10N4. The van der Waals surface area contributed by atoms with E-state index in [1.807, 2.05) is 0 Å². The first kappa shape index (κ1) is 5.01. The molecule has 2 aromatic heterocycles. The molecule has 2 heterocycles. The lowest BCUT2D eigenvalue weighted by Gasteiger charge is -2.02. The topological polar surface area (TPSA) is 77.8 Å². The van der Waals surface area contributed by atoms with Gasteiger partial charge in [0, 0.05) is 21.4 Å². The number of nitrogens with zero attached hydrogens (tertiary/aromatic N) is 2. The third kappa shape index (κ3) is 1.26. The minimum atomic E-state index is -2.28. The molecule has 4 heteroatoms. The number of nitrogen functional groups attached to an aromatic ring is 2. The molecule has 0 amide bonds. The fourth-order valence-electron chi connectivity index (χ4n) is 1.19. The van der Waals surface area contributed by atoms with E-state index >= 15 is 0 Å². The second kappa shape index (κ2) is 2.58. The molecule has 0 aromatic carbocycles. The third-order valence-corrected chi connectivity index (χ3v) is 1.77. The molecule has 0 aliphatic rings. The molecule has 0 bridgehead atoms. The Morgan fingerprint density at radius 2 is 2.23 bits per heavy atom. The molecule has 0 saturated carbocycles. The summed E-state index contributed by atoms with van der Waals surface area (Å²) in [4.78, 5) is 7.71. The number of hydrogen-bond donors (Lipinski definition) is 2. The van der Waals surface area contributed by atoms with Crippen LogP contribution >= 0.6 is 0 Å². The Labute approximate surface area is 79.8 Å². The van der Waals surface area contributed by atoms with Crippen molar-refractivity contribution in [3.63, 3.8) is 0 Å². The van der Waals surface area contributed by atoms with Crippen molar-refractivity contribution in [2.24, 2.45) is 0 Å².